The van der Waals surface area contributed by atoms with Crippen LogP contribution in [0.2, 0.25) is 5.02 Å². The number of benzene rings is 3. The van der Waals surface area contributed by atoms with Crippen LogP contribution in [0, 0.1) is 5.82 Å². The van der Waals surface area contributed by atoms with Crippen molar-refractivity contribution in [3.05, 3.63) is 77.1 Å². The number of anilines is 2. The van der Waals surface area contributed by atoms with Gasteiger partial charge >= 0.3 is 0 Å². The largest absolute Gasteiger partial charge is 0.493 e. The molecule has 1 atom stereocenters. The summed E-state index contributed by atoms with van der Waals surface area (Å²) in [5.74, 6) is -0.136. The summed E-state index contributed by atoms with van der Waals surface area (Å²) in [7, 11) is 3.03. The van der Waals surface area contributed by atoms with E-state index in [1.807, 2.05) is 6.07 Å². The number of thioether (sulfide) groups is 1. The second-order valence-corrected chi connectivity index (χ2v) is 8.75. The van der Waals surface area contributed by atoms with Crippen molar-refractivity contribution in [2.24, 2.45) is 0 Å². The molecule has 33 heavy (non-hydrogen) atoms. The summed E-state index contributed by atoms with van der Waals surface area (Å²) in [6.07, 6.45) is 0. The maximum absolute atomic E-state index is 13.3. The number of hydrogen-bond acceptors (Lipinski definition) is 5. The minimum atomic E-state index is -0.552. The number of nitrogens with one attached hydrogen (secondary N) is 2. The summed E-state index contributed by atoms with van der Waals surface area (Å²) in [6, 6.07) is 16.1. The normalized spacial score (nSPS) is 11.4. The zero-order valence-corrected chi connectivity index (χ0v) is 19.7. The molecule has 0 aromatic heterocycles. The molecule has 0 fully saturated rings. The molecule has 3 aromatic rings. The van der Waals surface area contributed by atoms with Crippen LogP contribution in [0.5, 0.6) is 11.5 Å². The summed E-state index contributed by atoms with van der Waals surface area (Å²) in [4.78, 5) is 26.0. The average Bonchev–Trinajstić information content (AvgIpc) is 2.81. The molecule has 0 heterocycles. The Labute approximate surface area is 200 Å². The smallest absolute Gasteiger partial charge is 0.255 e. The van der Waals surface area contributed by atoms with Crippen LogP contribution in [0.15, 0.2) is 65.6 Å². The molecule has 0 saturated heterocycles. The van der Waals surface area contributed by atoms with Crippen molar-refractivity contribution in [3.8, 4) is 11.5 Å². The SMILES string of the molecule is COc1ccc(C(=O)Nc2cccc(SC(C)C(=O)Nc3ccc(F)c(Cl)c3)c2)cc1OC. The molecular formula is C24H22ClFN2O4S. The van der Waals surface area contributed by atoms with Gasteiger partial charge in [0.1, 0.15) is 5.82 Å². The van der Waals surface area contributed by atoms with E-state index >= 15 is 0 Å². The fourth-order valence-electron chi connectivity index (χ4n) is 2.90. The Bertz CT molecular complexity index is 1170. The van der Waals surface area contributed by atoms with E-state index in [9.17, 15) is 14.0 Å². The highest BCUT2D eigenvalue weighted by molar-refractivity contribution is 8.00. The maximum atomic E-state index is 13.3. The third-order valence-corrected chi connectivity index (χ3v) is 5.99. The van der Waals surface area contributed by atoms with Crippen LogP contribution in [0.1, 0.15) is 17.3 Å². The Morgan fingerprint density at radius 2 is 1.67 bits per heavy atom. The van der Waals surface area contributed by atoms with Crippen LogP contribution in [-0.2, 0) is 4.79 Å². The van der Waals surface area contributed by atoms with E-state index in [2.05, 4.69) is 10.6 Å². The van der Waals surface area contributed by atoms with Crippen LogP contribution >= 0.6 is 23.4 Å². The first-order valence-corrected chi connectivity index (χ1v) is 11.1. The first kappa shape index (κ1) is 24.4. The summed E-state index contributed by atoms with van der Waals surface area (Å²) >= 11 is 7.08. The highest BCUT2D eigenvalue weighted by Gasteiger charge is 2.16. The molecule has 172 valence electrons. The van der Waals surface area contributed by atoms with Gasteiger partial charge in [0.15, 0.2) is 11.5 Å². The Morgan fingerprint density at radius 1 is 0.939 bits per heavy atom. The number of amides is 2. The number of halogens is 2. The molecule has 0 bridgehead atoms. The van der Waals surface area contributed by atoms with Crippen LogP contribution in [-0.4, -0.2) is 31.3 Å². The summed E-state index contributed by atoms with van der Waals surface area (Å²) < 4.78 is 23.7. The van der Waals surface area contributed by atoms with Crippen molar-refractivity contribution < 1.29 is 23.5 Å². The number of hydrogen-bond donors (Lipinski definition) is 2. The third-order valence-electron chi connectivity index (χ3n) is 4.61. The number of methoxy groups -OCH3 is 2. The van der Waals surface area contributed by atoms with E-state index in [1.165, 1.54) is 44.2 Å². The van der Waals surface area contributed by atoms with E-state index in [0.29, 0.717) is 28.4 Å². The Kier molecular flexibility index (Phi) is 8.19. The Hall–Kier alpha value is -3.23. The molecule has 0 radical (unpaired) electrons. The van der Waals surface area contributed by atoms with Gasteiger partial charge in [0, 0.05) is 21.8 Å². The lowest BCUT2D eigenvalue weighted by Gasteiger charge is -2.14. The Morgan fingerprint density at radius 3 is 2.36 bits per heavy atom. The minimum absolute atomic E-state index is 0.0639. The molecule has 0 aliphatic carbocycles. The number of ether oxygens (including phenoxy) is 2. The number of rotatable bonds is 8. The second kappa shape index (κ2) is 11.1. The fraction of sp³-hybridized carbons (Fsp3) is 0.167. The van der Waals surface area contributed by atoms with Crippen molar-refractivity contribution in [2.45, 2.75) is 17.1 Å². The van der Waals surface area contributed by atoms with E-state index in [1.54, 1.807) is 43.3 Å². The van der Waals surface area contributed by atoms with E-state index < -0.39 is 11.1 Å². The second-order valence-electron chi connectivity index (χ2n) is 6.93. The molecule has 0 aliphatic rings. The Balaban J connectivity index is 1.64. The molecule has 3 aromatic carbocycles. The average molecular weight is 489 g/mol. The summed E-state index contributed by atoms with van der Waals surface area (Å²) in [6.45, 7) is 1.75. The molecule has 2 N–H and O–H groups in total. The molecule has 0 spiro atoms. The van der Waals surface area contributed by atoms with Gasteiger partial charge in [-0.15, -0.1) is 11.8 Å². The molecule has 2 amide bonds. The van der Waals surface area contributed by atoms with E-state index in [4.69, 9.17) is 21.1 Å². The maximum Gasteiger partial charge on any atom is 0.255 e. The number of carbonyl (C=O) groups is 2. The van der Waals surface area contributed by atoms with Gasteiger partial charge in [-0.25, -0.2) is 4.39 Å². The topological polar surface area (TPSA) is 76.7 Å². The zero-order valence-electron chi connectivity index (χ0n) is 18.1. The predicted molar refractivity (Wildman–Crippen MR) is 129 cm³/mol. The quantitative estimate of drug-likeness (QED) is 0.388. The van der Waals surface area contributed by atoms with Crippen molar-refractivity contribution in [1.29, 1.82) is 0 Å². The lowest BCUT2D eigenvalue weighted by molar-refractivity contribution is -0.115. The fourth-order valence-corrected chi connectivity index (χ4v) is 4.01. The van der Waals surface area contributed by atoms with E-state index in [-0.39, 0.29) is 16.8 Å². The van der Waals surface area contributed by atoms with E-state index in [0.717, 1.165) is 4.90 Å². The van der Waals surface area contributed by atoms with Crippen molar-refractivity contribution in [1.82, 2.24) is 0 Å². The van der Waals surface area contributed by atoms with Gasteiger partial charge < -0.3 is 20.1 Å². The van der Waals surface area contributed by atoms with Gasteiger partial charge in [0.2, 0.25) is 5.91 Å². The monoisotopic (exact) mass is 488 g/mol. The lowest BCUT2D eigenvalue weighted by Crippen LogP contribution is -2.22. The molecule has 0 aliphatic heterocycles. The van der Waals surface area contributed by atoms with Crippen molar-refractivity contribution in [3.63, 3.8) is 0 Å². The number of carbonyl (C=O) groups excluding carboxylic acids is 2. The predicted octanol–water partition coefficient (Wildman–Crippen LogP) is 5.87. The van der Waals surface area contributed by atoms with Gasteiger partial charge in [0.25, 0.3) is 5.91 Å². The van der Waals surface area contributed by atoms with Gasteiger partial charge in [0.05, 0.1) is 24.5 Å². The van der Waals surface area contributed by atoms with Gasteiger partial charge in [-0.3, -0.25) is 9.59 Å². The highest BCUT2D eigenvalue weighted by atomic mass is 35.5. The molecule has 3 rings (SSSR count). The van der Waals surface area contributed by atoms with Crippen LogP contribution in [0.3, 0.4) is 0 Å². The van der Waals surface area contributed by atoms with Gasteiger partial charge in [-0.2, -0.15) is 0 Å². The lowest BCUT2D eigenvalue weighted by atomic mass is 10.2. The highest BCUT2D eigenvalue weighted by Crippen LogP contribution is 2.29. The first-order valence-electron chi connectivity index (χ1n) is 9.86. The van der Waals surface area contributed by atoms with Gasteiger partial charge in [-0.1, -0.05) is 17.7 Å². The first-order chi connectivity index (χ1) is 15.8. The standard InChI is InChI=1S/C24H22ClFN2O4S/c1-14(23(29)27-17-8-9-20(26)19(25)13-17)33-18-6-4-5-16(12-18)28-24(30)15-7-10-21(31-2)22(11-15)32-3/h4-14H,1-3H3,(H,27,29)(H,28,30). The molecular weight excluding hydrogens is 467 g/mol. The third kappa shape index (κ3) is 6.40. The molecule has 0 saturated carbocycles. The molecule has 9 heteroatoms. The minimum Gasteiger partial charge on any atom is -0.493 e. The zero-order chi connectivity index (χ0) is 24.0. The van der Waals surface area contributed by atoms with Crippen molar-refractivity contribution in [2.75, 3.05) is 24.9 Å². The summed E-state index contributed by atoms with van der Waals surface area (Å²) in [5.41, 5.74) is 1.41. The molecule has 6 nitrogen and oxygen atoms in total. The van der Waals surface area contributed by atoms with Crippen LogP contribution in [0.4, 0.5) is 15.8 Å². The summed E-state index contributed by atoms with van der Waals surface area (Å²) in [5, 5.41) is 5.04. The molecule has 1 unspecified atom stereocenters. The van der Waals surface area contributed by atoms with Crippen molar-refractivity contribution >= 4 is 46.6 Å². The van der Waals surface area contributed by atoms with Crippen LogP contribution < -0.4 is 20.1 Å². The van der Waals surface area contributed by atoms with Crippen LogP contribution in [0.25, 0.3) is 0 Å². The van der Waals surface area contributed by atoms with Gasteiger partial charge in [-0.05, 0) is 61.5 Å².